The third-order valence-electron chi connectivity index (χ3n) is 5.72. The first-order valence-corrected chi connectivity index (χ1v) is 11.8. The summed E-state index contributed by atoms with van der Waals surface area (Å²) in [5.74, 6) is -0.185. The van der Waals surface area contributed by atoms with Crippen molar-refractivity contribution in [3.8, 4) is 11.5 Å². The van der Waals surface area contributed by atoms with Crippen LogP contribution in [0, 0.1) is 17.0 Å². The lowest BCUT2D eigenvalue weighted by molar-refractivity contribution is -0.385. The summed E-state index contributed by atoms with van der Waals surface area (Å²) in [6, 6.07) is 12.7. The zero-order valence-electron chi connectivity index (χ0n) is 19.8. The number of ether oxygens (including phenoxy) is 3. The van der Waals surface area contributed by atoms with Crippen LogP contribution in [0.25, 0.3) is 0 Å². The quantitative estimate of drug-likeness (QED) is 0.249. The predicted octanol–water partition coefficient (Wildman–Crippen LogP) is 4.52. The van der Waals surface area contributed by atoms with Crippen molar-refractivity contribution in [1.82, 2.24) is 5.01 Å². The number of hydrogen-bond donors (Lipinski definition) is 0. The van der Waals surface area contributed by atoms with Gasteiger partial charge in [0.1, 0.15) is 0 Å². The topological polar surface area (TPSA) is 121 Å². The Kier molecular flexibility index (Phi) is 7.30. The highest BCUT2D eigenvalue weighted by molar-refractivity contribution is 7.12. The number of esters is 1. The molecular weight excluding hydrogens is 486 g/mol. The number of methoxy groups -OCH3 is 2. The fourth-order valence-electron chi connectivity index (χ4n) is 3.92. The van der Waals surface area contributed by atoms with Crippen LogP contribution in [-0.2, 0) is 9.53 Å². The number of aryl methyl sites for hydroxylation is 1. The third-order valence-corrected chi connectivity index (χ3v) is 6.64. The molecule has 0 radical (unpaired) electrons. The summed E-state index contributed by atoms with van der Waals surface area (Å²) in [5.41, 5.74) is 1.86. The number of amides is 1. The highest BCUT2D eigenvalue weighted by atomic mass is 32.1. The molecule has 0 aliphatic carbocycles. The number of carbonyl (C=O) groups excluding carboxylic acids is 2. The molecule has 1 aliphatic heterocycles. The van der Waals surface area contributed by atoms with E-state index in [-0.39, 0.29) is 11.3 Å². The number of nitro groups is 1. The summed E-state index contributed by atoms with van der Waals surface area (Å²) in [7, 11) is 3.08. The third kappa shape index (κ3) is 5.05. The number of thiophene rings is 1. The van der Waals surface area contributed by atoms with Gasteiger partial charge in [0.25, 0.3) is 11.6 Å². The number of nitro benzene ring substituents is 1. The molecule has 1 amide bonds. The van der Waals surface area contributed by atoms with Gasteiger partial charge in [0.2, 0.25) is 0 Å². The molecule has 1 aliphatic rings. The Hall–Kier alpha value is -4.25. The van der Waals surface area contributed by atoms with Crippen LogP contribution in [0.3, 0.4) is 0 Å². The monoisotopic (exact) mass is 509 g/mol. The number of hydrazone groups is 1. The van der Waals surface area contributed by atoms with Crippen LogP contribution in [0.1, 0.15) is 38.8 Å². The second kappa shape index (κ2) is 10.6. The molecule has 186 valence electrons. The van der Waals surface area contributed by atoms with Crippen LogP contribution < -0.4 is 9.47 Å². The van der Waals surface area contributed by atoms with E-state index in [0.29, 0.717) is 23.5 Å². The van der Waals surface area contributed by atoms with Crippen LogP contribution in [0.4, 0.5) is 5.69 Å². The van der Waals surface area contributed by atoms with E-state index in [0.717, 1.165) is 16.2 Å². The van der Waals surface area contributed by atoms with Gasteiger partial charge in [-0.05, 0) is 48.2 Å². The second-order valence-electron chi connectivity index (χ2n) is 7.93. The van der Waals surface area contributed by atoms with Gasteiger partial charge in [-0.1, -0.05) is 12.1 Å². The molecule has 1 atom stereocenters. The Morgan fingerprint density at radius 1 is 1.14 bits per heavy atom. The standard InChI is InChI=1S/C25H23N3O7S/c1-15-11-17(6-8-19(15)28(31)32)25(30)35-14-24(29)27-20(13-18(26-27)23-5-4-10-36-23)16-7-9-21(33-2)22(12-16)34-3/h4-12,20H,13-14H2,1-3H3/t20-/m1/s1. The average molecular weight is 510 g/mol. The van der Waals surface area contributed by atoms with Crippen molar-refractivity contribution in [1.29, 1.82) is 0 Å². The molecule has 0 saturated heterocycles. The van der Waals surface area contributed by atoms with Crippen molar-refractivity contribution in [3.63, 3.8) is 0 Å². The first kappa shape index (κ1) is 24.9. The van der Waals surface area contributed by atoms with E-state index >= 15 is 0 Å². The highest BCUT2D eigenvalue weighted by Gasteiger charge is 2.34. The highest BCUT2D eigenvalue weighted by Crippen LogP contribution is 2.38. The minimum absolute atomic E-state index is 0.104. The van der Waals surface area contributed by atoms with E-state index < -0.39 is 29.4 Å². The zero-order valence-corrected chi connectivity index (χ0v) is 20.6. The summed E-state index contributed by atoms with van der Waals surface area (Å²) < 4.78 is 16.0. The van der Waals surface area contributed by atoms with Gasteiger partial charge in [-0.25, -0.2) is 9.80 Å². The van der Waals surface area contributed by atoms with E-state index in [2.05, 4.69) is 5.10 Å². The van der Waals surface area contributed by atoms with Crippen LogP contribution in [-0.4, -0.2) is 48.3 Å². The minimum Gasteiger partial charge on any atom is -0.493 e. The van der Waals surface area contributed by atoms with E-state index in [1.54, 1.807) is 19.2 Å². The molecule has 36 heavy (non-hydrogen) atoms. The minimum atomic E-state index is -0.759. The Morgan fingerprint density at radius 3 is 2.56 bits per heavy atom. The maximum absolute atomic E-state index is 13.2. The number of carbonyl (C=O) groups is 2. The maximum atomic E-state index is 13.2. The van der Waals surface area contributed by atoms with Gasteiger partial charge in [-0.15, -0.1) is 11.3 Å². The number of rotatable bonds is 8. The molecule has 0 unspecified atom stereocenters. The fraction of sp³-hybridized carbons (Fsp3) is 0.240. The molecule has 0 saturated carbocycles. The number of nitrogens with zero attached hydrogens (tertiary/aromatic N) is 3. The summed E-state index contributed by atoms with van der Waals surface area (Å²) in [5, 5.41) is 18.8. The zero-order chi connectivity index (χ0) is 25.8. The lowest BCUT2D eigenvalue weighted by Gasteiger charge is -2.22. The molecule has 0 bridgehead atoms. The van der Waals surface area contributed by atoms with Crippen LogP contribution in [0.2, 0.25) is 0 Å². The van der Waals surface area contributed by atoms with Gasteiger partial charge in [0, 0.05) is 18.1 Å². The van der Waals surface area contributed by atoms with E-state index in [1.165, 1.54) is 48.6 Å². The molecule has 0 spiro atoms. The molecule has 11 heteroatoms. The predicted molar refractivity (Wildman–Crippen MR) is 133 cm³/mol. The maximum Gasteiger partial charge on any atom is 0.338 e. The largest absolute Gasteiger partial charge is 0.493 e. The summed E-state index contributed by atoms with van der Waals surface area (Å²) in [6.45, 7) is 0.985. The van der Waals surface area contributed by atoms with Crippen molar-refractivity contribution in [2.75, 3.05) is 20.8 Å². The smallest absolute Gasteiger partial charge is 0.338 e. The van der Waals surface area contributed by atoms with Gasteiger partial charge in [0.15, 0.2) is 18.1 Å². The molecule has 0 fully saturated rings. The molecule has 2 aromatic carbocycles. The van der Waals surface area contributed by atoms with Gasteiger partial charge >= 0.3 is 5.97 Å². The van der Waals surface area contributed by atoms with Crippen molar-refractivity contribution < 1.29 is 28.7 Å². The number of benzene rings is 2. The lowest BCUT2D eigenvalue weighted by Crippen LogP contribution is -2.31. The lowest BCUT2D eigenvalue weighted by atomic mass is 10.0. The summed E-state index contributed by atoms with van der Waals surface area (Å²) in [4.78, 5) is 37.1. The Bertz CT molecular complexity index is 1340. The molecule has 2 heterocycles. The van der Waals surface area contributed by atoms with Crippen LogP contribution in [0.5, 0.6) is 11.5 Å². The fourth-order valence-corrected chi connectivity index (χ4v) is 4.64. The van der Waals surface area contributed by atoms with Crippen molar-refractivity contribution in [2.45, 2.75) is 19.4 Å². The van der Waals surface area contributed by atoms with Crippen molar-refractivity contribution >= 4 is 34.6 Å². The van der Waals surface area contributed by atoms with Crippen LogP contribution in [0.15, 0.2) is 59.0 Å². The Balaban J connectivity index is 1.54. The van der Waals surface area contributed by atoms with Gasteiger partial charge < -0.3 is 14.2 Å². The van der Waals surface area contributed by atoms with E-state index in [1.807, 2.05) is 23.6 Å². The molecular formula is C25H23N3O7S. The van der Waals surface area contributed by atoms with E-state index in [9.17, 15) is 19.7 Å². The summed E-state index contributed by atoms with van der Waals surface area (Å²) in [6.07, 6.45) is 0.469. The SMILES string of the molecule is COc1ccc([C@H]2CC(c3cccs3)=NN2C(=O)COC(=O)c2ccc([N+](=O)[O-])c(C)c2)cc1OC. The van der Waals surface area contributed by atoms with Gasteiger partial charge in [-0.3, -0.25) is 14.9 Å². The second-order valence-corrected chi connectivity index (χ2v) is 8.88. The Labute approximate surface area is 210 Å². The van der Waals surface area contributed by atoms with Gasteiger partial charge in [-0.2, -0.15) is 5.10 Å². The molecule has 10 nitrogen and oxygen atoms in total. The van der Waals surface area contributed by atoms with E-state index in [4.69, 9.17) is 14.2 Å². The van der Waals surface area contributed by atoms with Crippen LogP contribution >= 0.6 is 11.3 Å². The first-order valence-electron chi connectivity index (χ1n) is 10.9. The summed E-state index contributed by atoms with van der Waals surface area (Å²) >= 11 is 1.52. The normalized spacial score (nSPS) is 14.8. The van der Waals surface area contributed by atoms with Gasteiger partial charge in [0.05, 0.1) is 41.3 Å². The van der Waals surface area contributed by atoms with Crippen molar-refractivity contribution in [2.24, 2.45) is 5.10 Å². The molecule has 4 rings (SSSR count). The molecule has 1 aromatic heterocycles. The number of hydrogen-bond acceptors (Lipinski definition) is 9. The molecule has 3 aromatic rings. The average Bonchev–Trinajstić information content (AvgIpc) is 3.56. The first-order chi connectivity index (χ1) is 17.3. The molecule has 0 N–H and O–H groups in total. The Morgan fingerprint density at radius 2 is 1.92 bits per heavy atom. The van der Waals surface area contributed by atoms with Crippen molar-refractivity contribution in [3.05, 3.63) is 85.6 Å².